The minimum atomic E-state index is -0.497. The highest BCUT2D eigenvalue weighted by Crippen LogP contribution is 2.24. The van der Waals surface area contributed by atoms with Gasteiger partial charge in [0.25, 0.3) is 5.91 Å². The number of aryl methyl sites for hydroxylation is 2. The molecule has 1 amide bonds. The molecule has 0 spiro atoms. The Kier molecular flexibility index (Phi) is 6.38. The van der Waals surface area contributed by atoms with Crippen LogP contribution in [-0.2, 0) is 11.3 Å². The second-order valence-corrected chi connectivity index (χ2v) is 7.31. The number of carbonyl (C=O) groups is 1. The van der Waals surface area contributed by atoms with Gasteiger partial charge in [-0.15, -0.1) is 0 Å². The van der Waals surface area contributed by atoms with Gasteiger partial charge in [-0.25, -0.2) is 4.68 Å². The van der Waals surface area contributed by atoms with Crippen molar-refractivity contribution < 1.29 is 4.79 Å². The fraction of sp³-hybridized carbons (Fsp3) is 0.136. The number of nitriles is 1. The van der Waals surface area contributed by atoms with Crippen molar-refractivity contribution >= 4 is 40.9 Å². The summed E-state index contributed by atoms with van der Waals surface area (Å²) in [6.07, 6.45) is 1.47. The van der Waals surface area contributed by atoms with Crippen LogP contribution in [0.5, 0.6) is 0 Å². The van der Waals surface area contributed by atoms with Crippen LogP contribution in [0.3, 0.4) is 0 Å². The first-order chi connectivity index (χ1) is 13.9. The Morgan fingerprint density at radius 1 is 1.17 bits per heavy atom. The van der Waals surface area contributed by atoms with Crippen molar-refractivity contribution in [3.05, 3.63) is 86.7 Å². The molecule has 0 bridgehead atoms. The van der Waals surface area contributed by atoms with Gasteiger partial charge in [0.2, 0.25) is 0 Å². The van der Waals surface area contributed by atoms with E-state index in [0.717, 1.165) is 11.1 Å². The smallest absolute Gasteiger partial charge is 0.266 e. The van der Waals surface area contributed by atoms with E-state index in [1.807, 2.05) is 43.3 Å². The summed E-state index contributed by atoms with van der Waals surface area (Å²) >= 11 is 12.4. The number of anilines is 1. The van der Waals surface area contributed by atoms with Gasteiger partial charge in [0.05, 0.1) is 12.2 Å². The topological polar surface area (TPSA) is 70.7 Å². The lowest BCUT2D eigenvalue weighted by Crippen LogP contribution is -2.14. The molecule has 0 unspecified atom stereocenters. The van der Waals surface area contributed by atoms with Crippen LogP contribution in [0.25, 0.3) is 6.08 Å². The van der Waals surface area contributed by atoms with Crippen LogP contribution in [0, 0.1) is 25.2 Å². The zero-order chi connectivity index (χ0) is 21.0. The lowest BCUT2D eigenvalue weighted by atomic mass is 10.1. The second kappa shape index (κ2) is 8.95. The predicted octanol–water partition coefficient (Wildman–Crippen LogP) is 5.40. The fourth-order valence-corrected chi connectivity index (χ4v) is 3.21. The molecule has 0 atom stereocenters. The van der Waals surface area contributed by atoms with E-state index >= 15 is 0 Å². The molecule has 1 N–H and O–H groups in total. The Bertz CT molecular complexity index is 1120. The lowest BCUT2D eigenvalue weighted by molar-refractivity contribution is -0.112. The van der Waals surface area contributed by atoms with Gasteiger partial charge in [-0.1, -0.05) is 53.5 Å². The fourth-order valence-electron chi connectivity index (χ4n) is 2.79. The maximum atomic E-state index is 12.6. The zero-order valence-electron chi connectivity index (χ0n) is 15.9. The van der Waals surface area contributed by atoms with Crippen molar-refractivity contribution in [1.29, 1.82) is 5.26 Å². The monoisotopic (exact) mass is 424 g/mol. The number of benzene rings is 2. The van der Waals surface area contributed by atoms with Crippen LogP contribution >= 0.6 is 23.2 Å². The molecule has 0 fully saturated rings. The van der Waals surface area contributed by atoms with E-state index in [1.54, 1.807) is 29.8 Å². The first-order valence-corrected chi connectivity index (χ1v) is 9.60. The van der Waals surface area contributed by atoms with E-state index in [0.29, 0.717) is 33.7 Å². The zero-order valence-corrected chi connectivity index (χ0v) is 17.4. The molecule has 3 aromatic rings. The van der Waals surface area contributed by atoms with Crippen molar-refractivity contribution in [2.75, 3.05) is 5.32 Å². The number of hydrogen-bond acceptors (Lipinski definition) is 3. The Morgan fingerprint density at radius 3 is 2.52 bits per heavy atom. The molecule has 2 aromatic carbocycles. The van der Waals surface area contributed by atoms with Crippen molar-refractivity contribution in [3.63, 3.8) is 0 Å². The quantitative estimate of drug-likeness (QED) is 0.440. The van der Waals surface area contributed by atoms with Gasteiger partial charge in [-0.3, -0.25) is 4.79 Å². The lowest BCUT2D eigenvalue weighted by Gasteiger charge is -2.07. The molecule has 0 aliphatic carbocycles. The standard InChI is InChI=1S/C22H18Cl2N4O/c1-14-5-3-4-6-20(14)26-22(29)17(12-25)11-19-15(2)27-28(21(19)24)13-16-7-9-18(23)10-8-16/h3-11H,13H2,1-2H3,(H,26,29)/b17-11+. The van der Waals surface area contributed by atoms with Crippen LogP contribution in [-0.4, -0.2) is 15.7 Å². The molecule has 5 nitrogen and oxygen atoms in total. The van der Waals surface area contributed by atoms with E-state index in [1.165, 1.54) is 6.08 Å². The number of para-hydroxylation sites is 1. The maximum absolute atomic E-state index is 12.6. The van der Waals surface area contributed by atoms with Gasteiger partial charge >= 0.3 is 0 Å². The van der Waals surface area contributed by atoms with Gasteiger partial charge in [-0.2, -0.15) is 10.4 Å². The molecule has 1 aromatic heterocycles. The predicted molar refractivity (Wildman–Crippen MR) is 116 cm³/mol. The van der Waals surface area contributed by atoms with Gasteiger partial charge in [-0.05, 0) is 49.2 Å². The van der Waals surface area contributed by atoms with Crippen LogP contribution < -0.4 is 5.32 Å². The van der Waals surface area contributed by atoms with Crippen LogP contribution in [0.4, 0.5) is 5.69 Å². The summed E-state index contributed by atoms with van der Waals surface area (Å²) in [4.78, 5) is 12.6. The number of aromatic nitrogens is 2. The molecule has 0 aliphatic heterocycles. The third-order valence-electron chi connectivity index (χ3n) is 4.40. The molecule has 7 heteroatoms. The van der Waals surface area contributed by atoms with E-state index in [2.05, 4.69) is 10.4 Å². The van der Waals surface area contributed by atoms with Crippen molar-refractivity contribution in [3.8, 4) is 6.07 Å². The number of nitrogens with zero attached hydrogens (tertiary/aromatic N) is 3. The summed E-state index contributed by atoms with van der Waals surface area (Å²) in [6, 6.07) is 16.7. The van der Waals surface area contributed by atoms with Crippen LogP contribution in [0.1, 0.15) is 22.4 Å². The van der Waals surface area contributed by atoms with E-state index in [-0.39, 0.29) is 5.57 Å². The van der Waals surface area contributed by atoms with Gasteiger partial charge in [0.15, 0.2) is 0 Å². The summed E-state index contributed by atoms with van der Waals surface area (Å²) < 4.78 is 1.63. The Labute approximate surface area is 179 Å². The van der Waals surface area contributed by atoms with Gasteiger partial charge in [0, 0.05) is 16.3 Å². The highest BCUT2D eigenvalue weighted by atomic mass is 35.5. The van der Waals surface area contributed by atoms with Crippen molar-refractivity contribution in [2.24, 2.45) is 0 Å². The molecule has 0 radical (unpaired) electrons. The summed E-state index contributed by atoms with van der Waals surface area (Å²) in [5, 5.41) is 17.7. The molecule has 0 aliphatic rings. The largest absolute Gasteiger partial charge is 0.321 e. The van der Waals surface area contributed by atoms with Gasteiger partial charge < -0.3 is 5.32 Å². The average molecular weight is 425 g/mol. The minimum absolute atomic E-state index is 0.0516. The number of halogens is 2. The van der Waals surface area contributed by atoms with Crippen molar-refractivity contribution in [1.82, 2.24) is 9.78 Å². The highest BCUT2D eigenvalue weighted by molar-refractivity contribution is 6.31. The molecule has 0 saturated heterocycles. The molecule has 3 rings (SSSR count). The Morgan fingerprint density at radius 2 is 1.86 bits per heavy atom. The van der Waals surface area contributed by atoms with Gasteiger partial charge in [0.1, 0.15) is 16.8 Å². The van der Waals surface area contributed by atoms with E-state index in [4.69, 9.17) is 23.2 Å². The third-order valence-corrected chi connectivity index (χ3v) is 5.05. The Hall–Kier alpha value is -3.07. The van der Waals surface area contributed by atoms with E-state index in [9.17, 15) is 10.1 Å². The SMILES string of the molecule is Cc1ccccc1NC(=O)/C(C#N)=C/c1c(C)nn(Cc2ccc(Cl)cc2)c1Cl. The minimum Gasteiger partial charge on any atom is -0.321 e. The first kappa shape index (κ1) is 20.7. The molecular formula is C22H18Cl2N4O. The number of hydrogen-bond donors (Lipinski definition) is 1. The summed E-state index contributed by atoms with van der Waals surface area (Å²) in [7, 11) is 0. The first-order valence-electron chi connectivity index (χ1n) is 8.85. The molecule has 146 valence electrons. The number of carbonyl (C=O) groups excluding carboxylic acids is 1. The highest BCUT2D eigenvalue weighted by Gasteiger charge is 2.16. The second-order valence-electron chi connectivity index (χ2n) is 6.51. The summed E-state index contributed by atoms with van der Waals surface area (Å²) in [6.45, 7) is 4.11. The number of rotatable bonds is 5. The summed E-state index contributed by atoms with van der Waals surface area (Å²) in [5.74, 6) is -0.497. The molecule has 29 heavy (non-hydrogen) atoms. The van der Waals surface area contributed by atoms with Crippen molar-refractivity contribution in [2.45, 2.75) is 20.4 Å². The molecular weight excluding hydrogens is 407 g/mol. The van der Waals surface area contributed by atoms with Crippen LogP contribution in [0.15, 0.2) is 54.1 Å². The molecule has 1 heterocycles. The Balaban J connectivity index is 1.86. The number of nitrogens with one attached hydrogen (secondary N) is 1. The molecule has 0 saturated carbocycles. The number of amides is 1. The average Bonchev–Trinajstić information content (AvgIpc) is 2.96. The normalized spacial score (nSPS) is 11.2. The van der Waals surface area contributed by atoms with Crippen LogP contribution in [0.2, 0.25) is 10.2 Å². The maximum Gasteiger partial charge on any atom is 0.266 e. The summed E-state index contributed by atoms with van der Waals surface area (Å²) in [5.41, 5.74) is 3.65. The van der Waals surface area contributed by atoms with E-state index < -0.39 is 5.91 Å². The third kappa shape index (κ3) is 4.86.